The van der Waals surface area contributed by atoms with Gasteiger partial charge in [-0.1, -0.05) is 6.07 Å². The molecule has 2 atom stereocenters. The Morgan fingerprint density at radius 1 is 1.50 bits per heavy atom. The molecular formula is C11H15NO2. The van der Waals surface area contributed by atoms with Gasteiger partial charge in [0.15, 0.2) is 0 Å². The number of fused-ring (bicyclic) bond motifs is 1. The van der Waals surface area contributed by atoms with Gasteiger partial charge in [-0.25, -0.2) is 0 Å². The fourth-order valence-corrected chi connectivity index (χ4v) is 1.80. The van der Waals surface area contributed by atoms with Crippen molar-refractivity contribution in [1.82, 2.24) is 0 Å². The lowest BCUT2D eigenvalue weighted by Gasteiger charge is -2.28. The first-order valence-corrected chi connectivity index (χ1v) is 4.81. The molecule has 0 bridgehead atoms. The predicted molar refractivity (Wildman–Crippen MR) is 54.6 cm³/mol. The molecule has 1 aliphatic heterocycles. The van der Waals surface area contributed by atoms with E-state index >= 15 is 0 Å². The SMILES string of the molecule is COc1ccc2c(c1)OC(C)C[C@@H]2N. The van der Waals surface area contributed by atoms with Gasteiger partial charge in [0.25, 0.3) is 0 Å². The van der Waals surface area contributed by atoms with Crippen molar-refractivity contribution in [1.29, 1.82) is 0 Å². The molecule has 1 aliphatic rings. The summed E-state index contributed by atoms with van der Waals surface area (Å²) >= 11 is 0. The van der Waals surface area contributed by atoms with Crippen LogP contribution in [0.25, 0.3) is 0 Å². The van der Waals surface area contributed by atoms with Crippen LogP contribution in [0.15, 0.2) is 18.2 Å². The van der Waals surface area contributed by atoms with E-state index in [1.54, 1.807) is 7.11 Å². The number of ether oxygens (including phenoxy) is 2. The maximum absolute atomic E-state index is 6.01. The second-order valence-corrected chi connectivity index (χ2v) is 3.67. The summed E-state index contributed by atoms with van der Waals surface area (Å²) in [5.41, 5.74) is 7.08. The van der Waals surface area contributed by atoms with Gasteiger partial charge in [-0.15, -0.1) is 0 Å². The lowest BCUT2D eigenvalue weighted by Crippen LogP contribution is -2.27. The van der Waals surface area contributed by atoms with Gasteiger partial charge in [-0.05, 0) is 13.0 Å². The number of rotatable bonds is 1. The minimum absolute atomic E-state index is 0.0830. The smallest absolute Gasteiger partial charge is 0.128 e. The number of methoxy groups -OCH3 is 1. The van der Waals surface area contributed by atoms with Crippen molar-refractivity contribution in [2.75, 3.05) is 7.11 Å². The van der Waals surface area contributed by atoms with Crippen molar-refractivity contribution in [3.63, 3.8) is 0 Å². The van der Waals surface area contributed by atoms with Crippen LogP contribution < -0.4 is 15.2 Å². The molecule has 1 aromatic rings. The molecule has 0 amide bonds. The Hall–Kier alpha value is -1.22. The van der Waals surface area contributed by atoms with Gasteiger partial charge in [-0.3, -0.25) is 0 Å². The molecule has 1 aromatic carbocycles. The van der Waals surface area contributed by atoms with Crippen LogP contribution in [-0.2, 0) is 0 Å². The van der Waals surface area contributed by atoms with E-state index in [-0.39, 0.29) is 12.1 Å². The van der Waals surface area contributed by atoms with Crippen molar-refractivity contribution < 1.29 is 9.47 Å². The van der Waals surface area contributed by atoms with Crippen LogP contribution in [0.3, 0.4) is 0 Å². The van der Waals surface area contributed by atoms with Gasteiger partial charge in [0.05, 0.1) is 13.2 Å². The molecule has 0 spiro atoms. The quantitative estimate of drug-likeness (QED) is 0.740. The van der Waals surface area contributed by atoms with Gasteiger partial charge < -0.3 is 15.2 Å². The van der Waals surface area contributed by atoms with Crippen molar-refractivity contribution >= 4 is 0 Å². The van der Waals surface area contributed by atoms with Crippen LogP contribution in [0.2, 0.25) is 0 Å². The normalized spacial score (nSPS) is 25.1. The lowest BCUT2D eigenvalue weighted by atomic mass is 9.98. The standard InChI is InChI=1S/C11H15NO2/c1-7-5-10(12)9-4-3-8(13-2)6-11(9)14-7/h3-4,6-7,10H,5,12H2,1-2H3/t7?,10-/m0/s1. The molecule has 3 nitrogen and oxygen atoms in total. The maximum atomic E-state index is 6.01. The van der Waals surface area contributed by atoms with E-state index in [2.05, 4.69) is 0 Å². The summed E-state index contributed by atoms with van der Waals surface area (Å²) in [7, 11) is 1.65. The molecule has 3 heteroatoms. The highest BCUT2D eigenvalue weighted by Crippen LogP contribution is 2.35. The van der Waals surface area contributed by atoms with E-state index in [0.717, 1.165) is 23.5 Å². The minimum Gasteiger partial charge on any atom is -0.497 e. The summed E-state index contributed by atoms with van der Waals surface area (Å²) in [6, 6.07) is 5.87. The van der Waals surface area contributed by atoms with E-state index in [9.17, 15) is 0 Å². The zero-order chi connectivity index (χ0) is 10.1. The predicted octanol–water partition coefficient (Wildman–Crippen LogP) is 1.87. The number of hydrogen-bond donors (Lipinski definition) is 1. The highest BCUT2D eigenvalue weighted by atomic mass is 16.5. The first kappa shape index (κ1) is 9.34. The molecule has 2 rings (SSSR count). The Morgan fingerprint density at radius 2 is 2.29 bits per heavy atom. The Labute approximate surface area is 83.8 Å². The first-order valence-electron chi connectivity index (χ1n) is 4.81. The average Bonchev–Trinajstić information content (AvgIpc) is 2.16. The minimum atomic E-state index is 0.0830. The molecule has 1 unspecified atom stereocenters. The summed E-state index contributed by atoms with van der Waals surface area (Å²) in [6.07, 6.45) is 1.06. The summed E-state index contributed by atoms with van der Waals surface area (Å²) in [5.74, 6) is 1.67. The Kier molecular flexibility index (Phi) is 2.33. The van der Waals surface area contributed by atoms with Crippen molar-refractivity contribution in [2.45, 2.75) is 25.5 Å². The van der Waals surface area contributed by atoms with Crippen molar-refractivity contribution in [2.24, 2.45) is 5.73 Å². The van der Waals surface area contributed by atoms with Crippen LogP contribution in [0, 0.1) is 0 Å². The van der Waals surface area contributed by atoms with Gasteiger partial charge in [-0.2, -0.15) is 0 Å². The summed E-state index contributed by atoms with van der Waals surface area (Å²) in [5, 5.41) is 0. The first-order chi connectivity index (χ1) is 6.70. The molecule has 0 aliphatic carbocycles. The molecule has 2 N–H and O–H groups in total. The van der Waals surface area contributed by atoms with Crippen LogP contribution in [0.4, 0.5) is 0 Å². The fourth-order valence-electron chi connectivity index (χ4n) is 1.80. The van der Waals surface area contributed by atoms with Crippen LogP contribution in [0.5, 0.6) is 11.5 Å². The molecule has 14 heavy (non-hydrogen) atoms. The maximum Gasteiger partial charge on any atom is 0.128 e. The van der Waals surface area contributed by atoms with E-state index in [1.165, 1.54) is 0 Å². The monoisotopic (exact) mass is 193 g/mol. The third kappa shape index (κ3) is 1.55. The molecule has 76 valence electrons. The number of nitrogens with two attached hydrogens (primary N) is 1. The van der Waals surface area contributed by atoms with Gasteiger partial charge >= 0.3 is 0 Å². The van der Waals surface area contributed by atoms with Crippen LogP contribution in [-0.4, -0.2) is 13.2 Å². The van der Waals surface area contributed by atoms with Crippen LogP contribution >= 0.6 is 0 Å². The summed E-state index contributed by atoms with van der Waals surface area (Å²) in [4.78, 5) is 0. The largest absolute Gasteiger partial charge is 0.497 e. The fraction of sp³-hybridized carbons (Fsp3) is 0.455. The molecule has 0 fully saturated rings. The number of benzene rings is 1. The average molecular weight is 193 g/mol. The van der Waals surface area contributed by atoms with Crippen molar-refractivity contribution in [3.8, 4) is 11.5 Å². The summed E-state index contributed by atoms with van der Waals surface area (Å²) < 4.78 is 10.8. The van der Waals surface area contributed by atoms with Gasteiger partial charge in [0.2, 0.25) is 0 Å². The van der Waals surface area contributed by atoms with Crippen molar-refractivity contribution in [3.05, 3.63) is 23.8 Å². The highest BCUT2D eigenvalue weighted by molar-refractivity contribution is 5.43. The third-order valence-corrected chi connectivity index (χ3v) is 2.53. The molecule has 0 aromatic heterocycles. The van der Waals surface area contributed by atoms with Gasteiger partial charge in [0, 0.05) is 24.1 Å². The zero-order valence-corrected chi connectivity index (χ0v) is 8.49. The highest BCUT2D eigenvalue weighted by Gasteiger charge is 2.23. The Bertz CT molecular complexity index is 338. The molecule has 0 saturated carbocycles. The van der Waals surface area contributed by atoms with E-state index < -0.39 is 0 Å². The second-order valence-electron chi connectivity index (χ2n) is 3.67. The summed E-state index contributed by atoms with van der Waals surface area (Å²) in [6.45, 7) is 2.03. The molecule has 1 heterocycles. The molecular weight excluding hydrogens is 178 g/mol. The van der Waals surface area contributed by atoms with E-state index in [0.29, 0.717) is 0 Å². The lowest BCUT2D eigenvalue weighted by molar-refractivity contribution is 0.176. The van der Waals surface area contributed by atoms with E-state index in [4.69, 9.17) is 15.2 Å². The molecule has 0 saturated heterocycles. The number of hydrogen-bond acceptors (Lipinski definition) is 3. The van der Waals surface area contributed by atoms with Crippen LogP contribution in [0.1, 0.15) is 24.9 Å². The van der Waals surface area contributed by atoms with E-state index in [1.807, 2.05) is 25.1 Å². The Balaban J connectivity index is 2.39. The second kappa shape index (κ2) is 3.50. The molecule has 0 radical (unpaired) electrons. The zero-order valence-electron chi connectivity index (χ0n) is 8.49. The van der Waals surface area contributed by atoms with Gasteiger partial charge in [0.1, 0.15) is 11.5 Å². The Morgan fingerprint density at radius 3 is 3.00 bits per heavy atom. The third-order valence-electron chi connectivity index (χ3n) is 2.53. The topological polar surface area (TPSA) is 44.5 Å².